The maximum absolute atomic E-state index is 11.5. The summed E-state index contributed by atoms with van der Waals surface area (Å²) in [5, 5.41) is 15.1. The van der Waals surface area contributed by atoms with E-state index in [9.17, 15) is 9.90 Å². The van der Waals surface area contributed by atoms with Gasteiger partial charge in [-0.05, 0) is 47.0 Å². The molecular weight excluding hydrogens is 374 g/mol. The highest BCUT2D eigenvalue weighted by atomic mass is 79.9. The molecule has 0 bridgehead atoms. The van der Waals surface area contributed by atoms with Crippen LogP contribution in [-0.2, 0) is 13.1 Å². The molecule has 8 heteroatoms. The molecule has 1 atom stereocenters. The first-order valence-electron chi connectivity index (χ1n) is 7.65. The normalized spacial score (nSPS) is 17.3. The van der Waals surface area contributed by atoms with Gasteiger partial charge < -0.3 is 10.1 Å². The molecule has 3 aromatic heterocycles. The van der Waals surface area contributed by atoms with Crippen molar-refractivity contribution in [3.8, 4) is 11.1 Å². The van der Waals surface area contributed by atoms with E-state index in [4.69, 9.17) is 0 Å². The number of H-pyrrole nitrogens is 1. The molecule has 3 aromatic rings. The summed E-state index contributed by atoms with van der Waals surface area (Å²) in [6.07, 6.45) is 2.77. The van der Waals surface area contributed by atoms with Crippen LogP contribution in [0.15, 0.2) is 23.1 Å². The molecule has 0 aromatic carbocycles. The van der Waals surface area contributed by atoms with Gasteiger partial charge in [0.15, 0.2) is 0 Å². The minimum Gasteiger partial charge on any atom is -0.465 e. The number of nitrogens with one attached hydrogen (secondary N) is 1. The number of aryl methyl sites for hydroxylation is 1. The highest BCUT2D eigenvalue weighted by Crippen LogP contribution is 2.38. The van der Waals surface area contributed by atoms with E-state index in [0.717, 1.165) is 38.0 Å². The molecule has 124 valence electrons. The van der Waals surface area contributed by atoms with Crippen molar-refractivity contribution in [1.29, 1.82) is 0 Å². The van der Waals surface area contributed by atoms with Gasteiger partial charge in [-0.15, -0.1) is 0 Å². The number of carbonyl (C=O) groups is 1. The minimum absolute atomic E-state index is 0.110. The Balaban J connectivity index is 1.94. The molecular formula is C16H16BrN5O2. The van der Waals surface area contributed by atoms with E-state index >= 15 is 0 Å². The lowest BCUT2D eigenvalue weighted by Crippen LogP contribution is -2.44. The molecule has 0 spiro atoms. The quantitative estimate of drug-likeness (QED) is 0.667. The van der Waals surface area contributed by atoms with Gasteiger partial charge in [-0.1, -0.05) is 0 Å². The van der Waals surface area contributed by atoms with Crippen LogP contribution in [0.1, 0.15) is 18.2 Å². The fraction of sp³-hybridized carbons (Fsp3) is 0.312. The minimum atomic E-state index is -0.908. The number of pyridine rings is 1. The first-order chi connectivity index (χ1) is 11.5. The monoisotopic (exact) mass is 389 g/mol. The number of nitrogens with zero attached hydrogens (tertiary/aromatic N) is 4. The Bertz CT molecular complexity index is 961. The zero-order valence-corrected chi connectivity index (χ0v) is 14.8. The van der Waals surface area contributed by atoms with Gasteiger partial charge in [-0.2, -0.15) is 5.10 Å². The van der Waals surface area contributed by atoms with Gasteiger partial charge in [0.25, 0.3) is 0 Å². The smallest absolute Gasteiger partial charge is 0.407 e. The molecule has 0 saturated carbocycles. The molecule has 2 N–H and O–H groups in total. The van der Waals surface area contributed by atoms with Crippen molar-refractivity contribution in [2.75, 3.05) is 0 Å². The van der Waals surface area contributed by atoms with Crippen LogP contribution in [0.25, 0.3) is 22.2 Å². The van der Waals surface area contributed by atoms with E-state index < -0.39 is 6.09 Å². The predicted molar refractivity (Wildman–Crippen MR) is 92.8 cm³/mol. The fourth-order valence-electron chi connectivity index (χ4n) is 3.39. The SMILES string of the molecule is Cc1c[nH]c2nccc(-c3c(Br)nn4c3CN(C(=O)O)[C@@H](C)C4)c12. The summed E-state index contributed by atoms with van der Waals surface area (Å²) in [6, 6.07) is 1.84. The number of amides is 1. The van der Waals surface area contributed by atoms with Gasteiger partial charge in [0.05, 0.1) is 24.8 Å². The molecule has 1 aliphatic heterocycles. The Morgan fingerprint density at radius 3 is 3.04 bits per heavy atom. The summed E-state index contributed by atoms with van der Waals surface area (Å²) in [5.41, 5.74) is 4.75. The summed E-state index contributed by atoms with van der Waals surface area (Å²) < 4.78 is 2.63. The lowest BCUT2D eigenvalue weighted by Gasteiger charge is -2.32. The lowest BCUT2D eigenvalue weighted by molar-refractivity contribution is 0.105. The van der Waals surface area contributed by atoms with Crippen LogP contribution < -0.4 is 0 Å². The predicted octanol–water partition coefficient (Wildman–Crippen LogP) is 3.38. The topological polar surface area (TPSA) is 87.0 Å². The Kier molecular flexibility index (Phi) is 3.38. The molecule has 4 rings (SSSR count). The molecule has 0 fully saturated rings. The highest BCUT2D eigenvalue weighted by molar-refractivity contribution is 9.10. The third-order valence-corrected chi connectivity index (χ3v) is 5.15. The largest absolute Gasteiger partial charge is 0.465 e. The summed E-state index contributed by atoms with van der Waals surface area (Å²) in [6.45, 7) is 4.78. The van der Waals surface area contributed by atoms with Gasteiger partial charge in [0.1, 0.15) is 10.3 Å². The molecule has 1 aliphatic rings. The summed E-state index contributed by atoms with van der Waals surface area (Å²) in [4.78, 5) is 20.5. The van der Waals surface area contributed by atoms with Crippen molar-refractivity contribution >= 4 is 33.1 Å². The molecule has 0 aliphatic carbocycles. The number of halogens is 1. The van der Waals surface area contributed by atoms with Gasteiger partial charge >= 0.3 is 6.09 Å². The average molecular weight is 390 g/mol. The van der Waals surface area contributed by atoms with Crippen molar-refractivity contribution in [1.82, 2.24) is 24.6 Å². The third kappa shape index (κ3) is 2.13. The molecule has 7 nitrogen and oxygen atoms in total. The number of carboxylic acid groups (broad SMARTS) is 1. The van der Waals surface area contributed by atoms with E-state index in [0.29, 0.717) is 13.1 Å². The Morgan fingerprint density at radius 2 is 2.29 bits per heavy atom. The number of aromatic amines is 1. The van der Waals surface area contributed by atoms with Crippen molar-refractivity contribution in [2.45, 2.75) is 33.0 Å². The Labute approximate surface area is 146 Å². The molecule has 0 saturated heterocycles. The Morgan fingerprint density at radius 1 is 1.50 bits per heavy atom. The molecule has 4 heterocycles. The number of aromatic nitrogens is 4. The number of hydrogen-bond acceptors (Lipinski definition) is 3. The van der Waals surface area contributed by atoms with Crippen LogP contribution in [0, 0.1) is 6.92 Å². The van der Waals surface area contributed by atoms with Crippen LogP contribution in [0.3, 0.4) is 0 Å². The van der Waals surface area contributed by atoms with E-state index in [1.807, 2.05) is 30.8 Å². The second kappa shape index (κ2) is 5.34. The van der Waals surface area contributed by atoms with E-state index in [1.165, 1.54) is 4.90 Å². The first-order valence-corrected chi connectivity index (χ1v) is 8.44. The maximum Gasteiger partial charge on any atom is 0.407 e. The first kappa shape index (κ1) is 15.2. The zero-order chi connectivity index (χ0) is 17.0. The maximum atomic E-state index is 11.5. The summed E-state index contributed by atoms with van der Waals surface area (Å²) >= 11 is 3.56. The molecule has 24 heavy (non-hydrogen) atoms. The molecule has 0 unspecified atom stereocenters. The van der Waals surface area contributed by atoms with Gasteiger partial charge in [0.2, 0.25) is 0 Å². The van der Waals surface area contributed by atoms with Gasteiger partial charge in [0, 0.05) is 23.3 Å². The van der Waals surface area contributed by atoms with Crippen LogP contribution in [0.4, 0.5) is 4.79 Å². The fourth-order valence-corrected chi connectivity index (χ4v) is 4.03. The standard InChI is InChI=1S/C16H16BrN5O2/c1-8-5-19-15-12(8)10(3-4-18-15)13-11-7-21(16(23)24)9(2)6-22(11)20-14(13)17/h3-5,9H,6-7H2,1-2H3,(H,18,19)(H,23,24)/t9-/m0/s1. The number of rotatable bonds is 1. The van der Waals surface area contributed by atoms with Crippen LogP contribution in [0.2, 0.25) is 0 Å². The van der Waals surface area contributed by atoms with Crippen LogP contribution in [-0.4, -0.2) is 41.9 Å². The number of hydrogen-bond donors (Lipinski definition) is 2. The number of fused-ring (bicyclic) bond motifs is 2. The van der Waals surface area contributed by atoms with E-state index in [2.05, 4.69) is 31.0 Å². The third-order valence-electron chi connectivity index (χ3n) is 4.59. The van der Waals surface area contributed by atoms with Crippen LogP contribution in [0.5, 0.6) is 0 Å². The highest BCUT2D eigenvalue weighted by Gasteiger charge is 2.31. The average Bonchev–Trinajstić information content (AvgIpc) is 3.06. The molecule has 0 radical (unpaired) electrons. The van der Waals surface area contributed by atoms with Crippen molar-refractivity contribution in [3.63, 3.8) is 0 Å². The van der Waals surface area contributed by atoms with Crippen LogP contribution >= 0.6 is 15.9 Å². The van der Waals surface area contributed by atoms with Crippen molar-refractivity contribution < 1.29 is 9.90 Å². The Hall–Kier alpha value is -2.35. The van der Waals surface area contributed by atoms with Gasteiger partial charge in [-0.25, -0.2) is 9.78 Å². The summed E-state index contributed by atoms with van der Waals surface area (Å²) in [5.74, 6) is 0. The summed E-state index contributed by atoms with van der Waals surface area (Å²) in [7, 11) is 0. The van der Waals surface area contributed by atoms with Gasteiger partial charge in [-0.3, -0.25) is 9.58 Å². The second-order valence-electron chi connectivity index (χ2n) is 6.11. The van der Waals surface area contributed by atoms with E-state index in [-0.39, 0.29) is 6.04 Å². The van der Waals surface area contributed by atoms with Crippen molar-refractivity contribution in [2.24, 2.45) is 0 Å². The van der Waals surface area contributed by atoms with Crippen molar-refractivity contribution in [3.05, 3.63) is 34.3 Å². The molecule has 1 amide bonds. The second-order valence-corrected chi connectivity index (χ2v) is 6.86. The zero-order valence-electron chi connectivity index (χ0n) is 13.2. The van der Waals surface area contributed by atoms with E-state index in [1.54, 1.807) is 6.20 Å². The lowest BCUT2D eigenvalue weighted by atomic mass is 10.0.